The van der Waals surface area contributed by atoms with Crippen molar-refractivity contribution in [3.8, 4) is 0 Å². The summed E-state index contributed by atoms with van der Waals surface area (Å²) < 4.78 is 28.4. The number of anilines is 2. The van der Waals surface area contributed by atoms with Crippen molar-refractivity contribution >= 4 is 62.3 Å². The van der Waals surface area contributed by atoms with Crippen molar-refractivity contribution in [3.05, 3.63) is 118 Å². The molecule has 1 N–H and O–H groups in total. The minimum absolute atomic E-state index is 0.0480. The molecule has 4 rings (SSSR count). The Morgan fingerprint density at radius 1 is 0.838 bits per heavy atom. The molecule has 0 aliphatic heterocycles. The lowest BCUT2D eigenvalue weighted by Gasteiger charge is -2.25. The molecule has 0 unspecified atom stereocenters. The average molecular weight is 572 g/mol. The minimum Gasteiger partial charge on any atom is -0.323 e. The summed E-state index contributed by atoms with van der Waals surface area (Å²) in [4.78, 5) is 14.2. The molecule has 0 radical (unpaired) electrons. The zero-order valence-corrected chi connectivity index (χ0v) is 23.0. The summed E-state index contributed by atoms with van der Waals surface area (Å²) >= 11 is 13.5. The molecule has 0 saturated heterocycles. The van der Waals surface area contributed by atoms with Crippen molar-refractivity contribution in [1.29, 1.82) is 0 Å². The number of carbonyl (C=O) groups is 1. The zero-order chi connectivity index (χ0) is 26.4. The van der Waals surface area contributed by atoms with Crippen LogP contribution in [0.4, 0.5) is 11.4 Å². The molecule has 5 nitrogen and oxygen atoms in total. The van der Waals surface area contributed by atoms with Crippen LogP contribution >= 0.6 is 35.0 Å². The van der Waals surface area contributed by atoms with Gasteiger partial charge in [0.05, 0.1) is 16.3 Å². The molecule has 190 valence electrons. The Kier molecular flexibility index (Phi) is 8.82. The van der Waals surface area contributed by atoms with E-state index >= 15 is 0 Å². The third-order valence-corrected chi connectivity index (χ3v) is 8.96. The molecule has 0 aromatic heterocycles. The Bertz CT molecular complexity index is 1490. The number of amides is 1. The number of para-hydroxylation sites is 2. The second-order valence-electron chi connectivity index (χ2n) is 8.21. The van der Waals surface area contributed by atoms with Crippen molar-refractivity contribution in [3.63, 3.8) is 0 Å². The molecule has 0 aliphatic rings. The van der Waals surface area contributed by atoms with Crippen molar-refractivity contribution in [2.24, 2.45) is 0 Å². The van der Waals surface area contributed by atoms with Gasteiger partial charge in [-0.25, -0.2) is 8.42 Å². The Hall–Kier alpha value is -2.97. The van der Waals surface area contributed by atoms with Gasteiger partial charge in [0.25, 0.3) is 10.0 Å². The molecule has 0 atom stereocenters. The fourth-order valence-electron chi connectivity index (χ4n) is 3.63. The number of nitrogens with one attached hydrogen (secondary N) is 1. The summed E-state index contributed by atoms with van der Waals surface area (Å²) in [5.41, 5.74) is 2.86. The largest absolute Gasteiger partial charge is 0.323 e. The van der Waals surface area contributed by atoms with Crippen LogP contribution in [0.25, 0.3) is 0 Å². The first-order chi connectivity index (χ1) is 17.7. The van der Waals surface area contributed by atoms with Gasteiger partial charge in [-0.2, -0.15) is 0 Å². The van der Waals surface area contributed by atoms with Crippen LogP contribution in [-0.2, 0) is 20.6 Å². The first-order valence-electron chi connectivity index (χ1n) is 11.3. The maximum Gasteiger partial charge on any atom is 0.264 e. The van der Waals surface area contributed by atoms with E-state index < -0.39 is 22.5 Å². The van der Waals surface area contributed by atoms with Crippen LogP contribution in [0.5, 0.6) is 0 Å². The van der Waals surface area contributed by atoms with Crippen LogP contribution in [0.1, 0.15) is 11.1 Å². The highest BCUT2D eigenvalue weighted by atomic mass is 35.5. The number of aryl methyl sites for hydroxylation is 1. The highest BCUT2D eigenvalue weighted by Crippen LogP contribution is 2.31. The van der Waals surface area contributed by atoms with E-state index in [0.717, 1.165) is 20.3 Å². The number of thioether (sulfide) groups is 1. The van der Waals surface area contributed by atoms with Gasteiger partial charge in [-0.05, 0) is 72.6 Å². The van der Waals surface area contributed by atoms with Gasteiger partial charge in [0.15, 0.2) is 0 Å². The van der Waals surface area contributed by atoms with E-state index in [0.29, 0.717) is 27.2 Å². The molecule has 4 aromatic carbocycles. The van der Waals surface area contributed by atoms with Gasteiger partial charge in [0, 0.05) is 20.7 Å². The van der Waals surface area contributed by atoms with Gasteiger partial charge in [0.1, 0.15) is 6.54 Å². The predicted molar refractivity (Wildman–Crippen MR) is 153 cm³/mol. The Morgan fingerprint density at radius 3 is 2.11 bits per heavy atom. The van der Waals surface area contributed by atoms with Crippen LogP contribution in [0.15, 0.2) is 107 Å². The lowest BCUT2D eigenvalue weighted by Crippen LogP contribution is -2.38. The molecule has 0 spiro atoms. The third kappa shape index (κ3) is 6.87. The highest BCUT2D eigenvalue weighted by Gasteiger charge is 2.28. The molecular formula is C28H24Cl2N2O3S2. The minimum atomic E-state index is -4.04. The number of hydrogen-bond donors (Lipinski definition) is 1. The van der Waals surface area contributed by atoms with Gasteiger partial charge in [0.2, 0.25) is 5.91 Å². The average Bonchev–Trinajstić information content (AvgIpc) is 2.88. The maximum absolute atomic E-state index is 13.6. The second kappa shape index (κ2) is 12.0. The van der Waals surface area contributed by atoms with E-state index in [4.69, 9.17) is 23.2 Å². The monoisotopic (exact) mass is 570 g/mol. The number of benzene rings is 4. The first-order valence-corrected chi connectivity index (χ1v) is 14.5. The van der Waals surface area contributed by atoms with Crippen molar-refractivity contribution in [1.82, 2.24) is 0 Å². The fraction of sp³-hybridized carbons (Fsp3) is 0.107. The first kappa shape index (κ1) is 27.1. The fourth-order valence-corrected chi connectivity index (χ4v) is 6.34. The number of carbonyl (C=O) groups excluding carboxylic acids is 1. The lowest BCUT2D eigenvalue weighted by atomic mass is 10.2. The molecule has 0 aliphatic carbocycles. The van der Waals surface area contributed by atoms with Crippen LogP contribution in [0.2, 0.25) is 10.0 Å². The smallest absolute Gasteiger partial charge is 0.264 e. The normalized spacial score (nSPS) is 11.2. The van der Waals surface area contributed by atoms with Gasteiger partial charge >= 0.3 is 0 Å². The standard InChI is InChI=1S/C28H24Cl2N2O3S2/c1-20-6-2-4-8-26(20)32(37(34,35)24-16-14-23(30)15-17-24)18-28(33)31-25-7-3-5-9-27(25)36-19-21-10-12-22(29)13-11-21/h2-17H,18-19H2,1H3,(H,31,33). The Morgan fingerprint density at radius 2 is 1.43 bits per heavy atom. The summed E-state index contributed by atoms with van der Waals surface area (Å²) in [6, 6.07) is 28.0. The number of sulfonamides is 1. The Labute approximate surface area is 231 Å². The summed E-state index contributed by atoms with van der Waals surface area (Å²) in [5, 5.41) is 4.00. The quantitative estimate of drug-likeness (QED) is 0.212. The highest BCUT2D eigenvalue weighted by molar-refractivity contribution is 7.98. The van der Waals surface area contributed by atoms with E-state index in [1.165, 1.54) is 24.3 Å². The predicted octanol–water partition coefficient (Wildman–Crippen LogP) is 7.43. The summed E-state index contributed by atoms with van der Waals surface area (Å²) in [7, 11) is -4.04. The van der Waals surface area contributed by atoms with E-state index in [9.17, 15) is 13.2 Å². The van der Waals surface area contributed by atoms with Gasteiger partial charge in [-0.15, -0.1) is 11.8 Å². The van der Waals surface area contributed by atoms with E-state index in [1.807, 2.05) is 48.5 Å². The molecule has 37 heavy (non-hydrogen) atoms. The van der Waals surface area contributed by atoms with Crippen molar-refractivity contribution in [2.45, 2.75) is 22.5 Å². The zero-order valence-electron chi connectivity index (χ0n) is 19.9. The maximum atomic E-state index is 13.6. The van der Waals surface area contributed by atoms with Crippen LogP contribution in [0, 0.1) is 6.92 Å². The SMILES string of the molecule is Cc1ccccc1N(CC(=O)Nc1ccccc1SCc1ccc(Cl)cc1)S(=O)(=O)c1ccc(Cl)cc1. The molecule has 9 heteroatoms. The molecule has 0 saturated carbocycles. The van der Waals surface area contributed by atoms with E-state index in [-0.39, 0.29) is 4.90 Å². The van der Waals surface area contributed by atoms with Gasteiger partial charge < -0.3 is 5.32 Å². The van der Waals surface area contributed by atoms with Crippen molar-refractivity contribution in [2.75, 3.05) is 16.2 Å². The lowest BCUT2D eigenvalue weighted by molar-refractivity contribution is -0.114. The summed E-state index contributed by atoms with van der Waals surface area (Å²) in [6.07, 6.45) is 0. The number of halogens is 2. The third-order valence-electron chi connectivity index (χ3n) is 5.54. The topological polar surface area (TPSA) is 66.5 Å². The molecule has 0 heterocycles. The summed E-state index contributed by atoms with van der Waals surface area (Å²) in [6.45, 7) is 1.41. The Balaban J connectivity index is 1.57. The second-order valence-corrected chi connectivity index (χ2v) is 12.0. The van der Waals surface area contributed by atoms with Crippen molar-refractivity contribution < 1.29 is 13.2 Å². The summed E-state index contributed by atoms with van der Waals surface area (Å²) in [5.74, 6) is 0.227. The van der Waals surface area contributed by atoms with Crippen LogP contribution < -0.4 is 9.62 Å². The van der Waals surface area contributed by atoms with Gasteiger partial charge in [-0.3, -0.25) is 9.10 Å². The van der Waals surface area contributed by atoms with E-state index in [1.54, 1.807) is 43.0 Å². The molecule has 0 fully saturated rings. The van der Waals surface area contributed by atoms with E-state index in [2.05, 4.69) is 5.32 Å². The number of nitrogens with zero attached hydrogens (tertiary/aromatic N) is 1. The van der Waals surface area contributed by atoms with Crippen LogP contribution in [0.3, 0.4) is 0 Å². The van der Waals surface area contributed by atoms with Gasteiger partial charge in [-0.1, -0.05) is 65.7 Å². The molecular weight excluding hydrogens is 547 g/mol. The van der Waals surface area contributed by atoms with Crippen LogP contribution in [-0.4, -0.2) is 20.9 Å². The number of rotatable bonds is 9. The molecule has 4 aromatic rings. The number of hydrogen-bond acceptors (Lipinski definition) is 4. The molecule has 1 amide bonds. The molecule has 0 bridgehead atoms.